The molecule has 1 aliphatic rings. The van der Waals surface area contributed by atoms with Crippen molar-refractivity contribution in [2.75, 3.05) is 23.3 Å². The number of nitrogens with zero attached hydrogens (tertiary/aromatic N) is 1. The molecule has 0 aromatic heterocycles. The molecule has 1 aliphatic heterocycles. The Balaban J connectivity index is 1.65. The van der Waals surface area contributed by atoms with Crippen LogP contribution in [0.25, 0.3) is 0 Å². The van der Waals surface area contributed by atoms with Crippen molar-refractivity contribution in [3.63, 3.8) is 0 Å². The first-order chi connectivity index (χ1) is 14.9. The Morgan fingerprint density at radius 2 is 1.61 bits per heavy atom. The van der Waals surface area contributed by atoms with Crippen molar-refractivity contribution in [3.05, 3.63) is 59.1 Å². The Labute approximate surface area is 186 Å². The maximum Gasteiger partial charge on any atom is 0.251 e. The summed E-state index contributed by atoms with van der Waals surface area (Å²) in [4.78, 5) is 38.9. The van der Waals surface area contributed by atoms with Crippen LogP contribution < -0.4 is 21.3 Å². The molecule has 7 nitrogen and oxygen atoms in total. The number of nitrogens with one attached hydrogen (secondary N) is 2. The Hall–Kier alpha value is -3.06. The Morgan fingerprint density at radius 1 is 0.968 bits per heavy atom. The zero-order valence-corrected chi connectivity index (χ0v) is 18.0. The number of carbonyl (C=O) groups is 3. The molecule has 0 radical (unpaired) electrons. The van der Waals surface area contributed by atoms with Crippen LogP contribution in [0.3, 0.4) is 0 Å². The summed E-state index contributed by atoms with van der Waals surface area (Å²) in [6.45, 7) is 2.08. The fourth-order valence-corrected chi connectivity index (χ4v) is 3.66. The minimum Gasteiger partial charge on any atom is -0.372 e. The summed E-state index contributed by atoms with van der Waals surface area (Å²) in [5.41, 5.74) is 7.35. The van der Waals surface area contributed by atoms with Gasteiger partial charge in [0.05, 0.1) is 0 Å². The van der Waals surface area contributed by atoms with Gasteiger partial charge in [-0.05, 0) is 74.2 Å². The van der Waals surface area contributed by atoms with Crippen molar-refractivity contribution < 1.29 is 14.4 Å². The van der Waals surface area contributed by atoms with Crippen molar-refractivity contribution in [2.24, 2.45) is 5.73 Å². The lowest BCUT2D eigenvalue weighted by Gasteiger charge is -2.29. The van der Waals surface area contributed by atoms with Gasteiger partial charge >= 0.3 is 0 Å². The molecule has 1 saturated heterocycles. The van der Waals surface area contributed by atoms with E-state index >= 15 is 0 Å². The molecule has 1 fully saturated rings. The van der Waals surface area contributed by atoms with Gasteiger partial charge in [0.25, 0.3) is 5.91 Å². The molecule has 4 N–H and O–H groups in total. The third-order valence-corrected chi connectivity index (χ3v) is 5.52. The molecule has 0 aliphatic carbocycles. The van der Waals surface area contributed by atoms with Gasteiger partial charge in [0, 0.05) is 41.5 Å². The van der Waals surface area contributed by atoms with E-state index in [9.17, 15) is 14.4 Å². The van der Waals surface area contributed by atoms with Crippen LogP contribution in [0, 0.1) is 0 Å². The van der Waals surface area contributed by atoms with E-state index in [2.05, 4.69) is 15.5 Å². The monoisotopic (exact) mass is 442 g/mol. The molecule has 2 aromatic rings. The molecule has 31 heavy (non-hydrogen) atoms. The maximum absolute atomic E-state index is 12.8. The lowest BCUT2D eigenvalue weighted by atomic mass is 10.1. The number of primary amides is 1. The zero-order chi connectivity index (χ0) is 22.2. The number of anilines is 2. The number of carbonyl (C=O) groups excluding carboxylic acids is 3. The number of hydrogen-bond acceptors (Lipinski definition) is 4. The lowest BCUT2D eigenvalue weighted by Crippen LogP contribution is -2.44. The second-order valence-corrected chi connectivity index (χ2v) is 8.06. The average molecular weight is 443 g/mol. The van der Waals surface area contributed by atoms with Crippen LogP contribution >= 0.6 is 11.6 Å². The van der Waals surface area contributed by atoms with Crippen LogP contribution in [0.15, 0.2) is 48.5 Å². The van der Waals surface area contributed by atoms with Crippen molar-refractivity contribution >= 4 is 40.7 Å². The van der Waals surface area contributed by atoms with E-state index in [0.717, 1.165) is 18.8 Å². The molecule has 0 saturated carbocycles. The summed E-state index contributed by atoms with van der Waals surface area (Å²) in [5, 5.41) is 6.00. The molecular weight excluding hydrogens is 416 g/mol. The molecule has 0 unspecified atom stereocenters. The third-order valence-electron chi connectivity index (χ3n) is 5.26. The standard InChI is InChI=1S/C23H27ClN4O3/c24-17-6-4-16(5-7-17)22(30)27-20(12-13-21(25)29)23(31)26-18-8-10-19(11-9-18)28-14-2-1-3-15-28/h4-11,20H,1-3,12-15H2,(H2,25,29)(H,26,31)(H,27,30)/t20-/m1/s1. The largest absolute Gasteiger partial charge is 0.372 e. The second-order valence-electron chi connectivity index (χ2n) is 7.62. The molecule has 0 bridgehead atoms. The summed E-state index contributed by atoms with van der Waals surface area (Å²) in [6.07, 6.45) is 3.72. The van der Waals surface area contributed by atoms with Crippen LogP contribution in [-0.4, -0.2) is 36.9 Å². The number of benzene rings is 2. The molecule has 1 atom stereocenters. The van der Waals surface area contributed by atoms with E-state index in [1.54, 1.807) is 24.3 Å². The Bertz CT molecular complexity index is 909. The highest BCUT2D eigenvalue weighted by Gasteiger charge is 2.22. The van der Waals surface area contributed by atoms with E-state index in [1.165, 1.54) is 19.3 Å². The highest BCUT2D eigenvalue weighted by molar-refractivity contribution is 6.30. The summed E-state index contributed by atoms with van der Waals surface area (Å²) in [7, 11) is 0. The molecule has 164 valence electrons. The quantitative estimate of drug-likeness (QED) is 0.583. The van der Waals surface area contributed by atoms with Crippen LogP contribution in [0.5, 0.6) is 0 Å². The first-order valence-electron chi connectivity index (χ1n) is 10.4. The van der Waals surface area contributed by atoms with Gasteiger partial charge in [-0.15, -0.1) is 0 Å². The van der Waals surface area contributed by atoms with Crippen LogP contribution in [0.4, 0.5) is 11.4 Å². The van der Waals surface area contributed by atoms with Crippen molar-refractivity contribution in [3.8, 4) is 0 Å². The topological polar surface area (TPSA) is 105 Å². The molecule has 3 amide bonds. The summed E-state index contributed by atoms with van der Waals surface area (Å²) in [6, 6.07) is 13.1. The van der Waals surface area contributed by atoms with Gasteiger partial charge in [0.15, 0.2) is 0 Å². The number of amides is 3. The maximum atomic E-state index is 12.8. The van der Waals surface area contributed by atoms with E-state index in [4.69, 9.17) is 17.3 Å². The van der Waals surface area contributed by atoms with Crippen LogP contribution in [-0.2, 0) is 9.59 Å². The SMILES string of the molecule is NC(=O)CC[C@@H](NC(=O)c1ccc(Cl)cc1)C(=O)Nc1ccc(N2CCCCC2)cc1. The predicted octanol–water partition coefficient (Wildman–Crippen LogP) is 3.33. The predicted molar refractivity (Wildman–Crippen MR) is 122 cm³/mol. The minimum atomic E-state index is -0.905. The van der Waals surface area contributed by atoms with Gasteiger partial charge in [0.1, 0.15) is 6.04 Å². The summed E-state index contributed by atoms with van der Waals surface area (Å²) < 4.78 is 0. The molecule has 1 heterocycles. The van der Waals surface area contributed by atoms with Crippen LogP contribution in [0.2, 0.25) is 5.02 Å². The zero-order valence-electron chi connectivity index (χ0n) is 17.3. The fraction of sp³-hybridized carbons (Fsp3) is 0.348. The van der Waals surface area contributed by atoms with Crippen molar-refractivity contribution in [1.29, 1.82) is 0 Å². The molecule has 3 rings (SSSR count). The van der Waals surface area contributed by atoms with Gasteiger partial charge in [-0.3, -0.25) is 14.4 Å². The summed E-state index contributed by atoms with van der Waals surface area (Å²) in [5.74, 6) is -1.37. The summed E-state index contributed by atoms with van der Waals surface area (Å²) >= 11 is 5.86. The fourth-order valence-electron chi connectivity index (χ4n) is 3.54. The lowest BCUT2D eigenvalue weighted by molar-refractivity contribution is -0.119. The van der Waals surface area contributed by atoms with Gasteiger partial charge in [-0.25, -0.2) is 0 Å². The first kappa shape index (κ1) is 22.6. The van der Waals surface area contributed by atoms with Crippen molar-refractivity contribution in [2.45, 2.75) is 38.1 Å². The number of rotatable bonds is 8. The normalized spacial score (nSPS) is 14.5. The highest BCUT2D eigenvalue weighted by Crippen LogP contribution is 2.22. The average Bonchev–Trinajstić information content (AvgIpc) is 2.78. The van der Waals surface area contributed by atoms with Gasteiger partial charge in [0.2, 0.25) is 11.8 Å². The first-order valence-corrected chi connectivity index (χ1v) is 10.8. The molecule has 2 aromatic carbocycles. The van der Waals surface area contributed by atoms with E-state index in [-0.39, 0.29) is 12.8 Å². The highest BCUT2D eigenvalue weighted by atomic mass is 35.5. The molecular formula is C23H27ClN4O3. The van der Waals surface area contributed by atoms with Gasteiger partial charge in [-0.1, -0.05) is 11.6 Å². The van der Waals surface area contributed by atoms with E-state index in [1.807, 2.05) is 24.3 Å². The minimum absolute atomic E-state index is 0.0210. The number of piperidine rings is 1. The molecule has 8 heteroatoms. The molecule has 0 spiro atoms. The van der Waals surface area contributed by atoms with E-state index < -0.39 is 23.8 Å². The Morgan fingerprint density at radius 3 is 2.23 bits per heavy atom. The van der Waals surface area contributed by atoms with Crippen molar-refractivity contribution in [1.82, 2.24) is 5.32 Å². The number of halogens is 1. The number of hydrogen-bond donors (Lipinski definition) is 3. The second kappa shape index (κ2) is 10.8. The van der Waals surface area contributed by atoms with Crippen LogP contribution in [0.1, 0.15) is 42.5 Å². The number of nitrogens with two attached hydrogens (primary N) is 1. The van der Waals surface area contributed by atoms with Gasteiger partial charge < -0.3 is 21.3 Å². The van der Waals surface area contributed by atoms with E-state index in [0.29, 0.717) is 16.3 Å². The third kappa shape index (κ3) is 6.72. The van der Waals surface area contributed by atoms with Gasteiger partial charge in [-0.2, -0.15) is 0 Å². The Kier molecular flexibility index (Phi) is 7.89. The smallest absolute Gasteiger partial charge is 0.251 e.